The molecule has 0 spiro atoms. The number of unbranched alkanes of at least 4 members (excludes halogenated alkanes) is 1. The number of rotatable bonds is 14. The first-order valence-electron chi connectivity index (χ1n) is 11.6. The molecule has 0 fully saturated rings. The van der Waals surface area contributed by atoms with E-state index in [-0.39, 0.29) is 30.6 Å². The van der Waals surface area contributed by atoms with Gasteiger partial charge < -0.3 is 20.7 Å². The van der Waals surface area contributed by atoms with E-state index in [0.717, 1.165) is 12.0 Å². The number of amides is 3. The van der Waals surface area contributed by atoms with Crippen molar-refractivity contribution in [3.8, 4) is 0 Å². The maximum Gasteiger partial charge on any atom is 0.408 e. The number of benzene rings is 2. The summed E-state index contributed by atoms with van der Waals surface area (Å²) in [5.41, 5.74) is 1.47. The van der Waals surface area contributed by atoms with Crippen LogP contribution in [0.2, 0.25) is 0 Å². The Hall–Kier alpha value is -3.68. The second-order valence-corrected chi connectivity index (χ2v) is 7.93. The number of ether oxygens (including phenoxy) is 1. The molecule has 8 heteroatoms. The van der Waals surface area contributed by atoms with E-state index in [1.807, 2.05) is 43.3 Å². The molecule has 34 heavy (non-hydrogen) atoms. The minimum absolute atomic E-state index is 0.0733. The lowest BCUT2D eigenvalue weighted by Gasteiger charge is -2.18. The van der Waals surface area contributed by atoms with E-state index in [9.17, 15) is 19.2 Å². The molecule has 1 atom stereocenters. The van der Waals surface area contributed by atoms with Gasteiger partial charge in [-0.15, -0.1) is 0 Å². The van der Waals surface area contributed by atoms with E-state index >= 15 is 0 Å². The van der Waals surface area contributed by atoms with Gasteiger partial charge >= 0.3 is 6.09 Å². The van der Waals surface area contributed by atoms with E-state index in [1.54, 1.807) is 24.3 Å². The first-order valence-corrected chi connectivity index (χ1v) is 11.6. The molecule has 0 aliphatic heterocycles. The molecule has 0 saturated carbocycles. The largest absolute Gasteiger partial charge is 0.445 e. The van der Waals surface area contributed by atoms with Gasteiger partial charge in [-0.2, -0.15) is 0 Å². The number of Topliss-reactive ketones (excluding diaryl/α,β-unsaturated/α-hetero) is 1. The molecule has 2 aromatic carbocycles. The highest BCUT2D eigenvalue weighted by atomic mass is 16.5. The van der Waals surface area contributed by atoms with Crippen molar-refractivity contribution < 1.29 is 23.9 Å². The molecule has 0 aliphatic rings. The summed E-state index contributed by atoms with van der Waals surface area (Å²) in [6.45, 7) is 2.39. The maximum atomic E-state index is 12.8. The standard InChI is InChI=1S/C26H33N3O5/c1-2-11-22(30)18-24(31)27-17-10-9-16-23(25(32)28-21-14-7-4-8-15-21)29-26(33)34-19-20-12-5-3-6-13-20/h3-8,12-15,23H,2,9-11,16-19H2,1H3,(H,27,31)(H,28,32)(H,29,33)/t23-/m0/s1. The van der Waals surface area contributed by atoms with Gasteiger partial charge in [-0.3, -0.25) is 14.4 Å². The van der Waals surface area contributed by atoms with Crippen molar-refractivity contribution >= 4 is 29.4 Å². The highest BCUT2D eigenvalue weighted by Crippen LogP contribution is 2.09. The molecule has 0 radical (unpaired) electrons. The number of para-hydroxylation sites is 1. The Labute approximate surface area is 200 Å². The van der Waals surface area contributed by atoms with Gasteiger partial charge in [-0.05, 0) is 43.4 Å². The van der Waals surface area contributed by atoms with Crippen molar-refractivity contribution in [1.29, 1.82) is 0 Å². The van der Waals surface area contributed by atoms with Gasteiger partial charge in [0.25, 0.3) is 0 Å². The molecule has 0 aromatic heterocycles. The Morgan fingerprint density at radius 2 is 1.59 bits per heavy atom. The zero-order valence-corrected chi connectivity index (χ0v) is 19.5. The van der Waals surface area contributed by atoms with Crippen LogP contribution in [0.15, 0.2) is 60.7 Å². The Bertz CT molecular complexity index is 919. The number of carbonyl (C=O) groups is 4. The molecule has 2 aromatic rings. The van der Waals surface area contributed by atoms with Gasteiger partial charge in [0.1, 0.15) is 18.4 Å². The summed E-state index contributed by atoms with van der Waals surface area (Å²) >= 11 is 0. The Kier molecular flexibility index (Phi) is 11.9. The van der Waals surface area contributed by atoms with E-state index in [4.69, 9.17) is 4.74 Å². The van der Waals surface area contributed by atoms with Gasteiger partial charge in [-0.25, -0.2) is 4.79 Å². The monoisotopic (exact) mass is 467 g/mol. The lowest BCUT2D eigenvalue weighted by molar-refractivity contribution is -0.128. The topological polar surface area (TPSA) is 114 Å². The first kappa shape index (κ1) is 26.6. The van der Waals surface area contributed by atoms with Crippen molar-refractivity contribution in [3.05, 3.63) is 66.2 Å². The van der Waals surface area contributed by atoms with E-state index in [0.29, 0.717) is 37.9 Å². The SMILES string of the molecule is CCCC(=O)CC(=O)NCCCC[C@H](NC(=O)OCc1ccccc1)C(=O)Nc1ccccc1. The lowest BCUT2D eigenvalue weighted by Crippen LogP contribution is -2.44. The van der Waals surface area contributed by atoms with Crippen LogP contribution in [0.4, 0.5) is 10.5 Å². The molecule has 3 N–H and O–H groups in total. The molecule has 0 aliphatic carbocycles. The zero-order valence-electron chi connectivity index (χ0n) is 19.5. The van der Waals surface area contributed by atoms with Crippen LogP contribution in [0.1, 0.15) is 51.0 Å². The van der Waals surface area contributed by atoms with Crippen molar-refractivity contribution in [2.24, 2.45) is 0 Å². The highest BCUT2D eigenvalue weighted by Gasteiger charge is 2.21. The molecule has 0 heterocycles. The Morgan fingerprint density at radius 3 is 2.26 bits per heavy atom. The highest BCUT2D eigenvalue weighted by molar-refractivity contribution is 5.98. The second kappa shape index (κ2) is 15.2. The van der Waals surface area contributed by atoms with Crippen LogP contribution in [-0.2, 0) is 25.7 Å². The number of hydrogen-bond donors (Lipinski definition) is 3. The fourth-order valence-electron chi connectivity index (χ4n) is 3.24. The van der Waals surface area contributed by atoms with Crippen LogP contribution < -0.4 is 16.0 Å². The molecule has 0 bridgehead atoms. The van der Waals surface area contributed by atoms with Crippen LogP contribution >= 0.6 is 0 Å². The number of hydrogen-bond acceptors (Lipinski definition) is 5. The number of ketones is 1. The van der Waals surface area contributed by atoms with Crippen molar-refractivity contribution in [2.75, 3.05) is 11.9 Å². The lowest BCUT2D eigenvalue weighted by atomic mass is 10.1. The average Bonchev–Trinajstić information content (AvgIpc) is 2.83. The number of alkyl carbamates (subject to hydrolysis) is 1. The van der Waals surface area contributed by atoms with Crippen molar-refractivity contribution in [3.63, 3.8) is 0 Å². The van der Waals surface area contributed by atoms with E-state index in [2.05, 4.69) is 16.0 Å². The van der Waals surface area contributed by atoms with Crippen LogP contribution in [0.3, 0.4) is 0 Å². The molecular weight excluding hydrogens is 434 g/mol. The van der Waals surface area contributed by atoms with Gasteiger partial charge in [0, 0.05) is 18.7 Å². The summed E-state index contributed by atoms with van der Waals surface area (Å²) in [7, 11) is 0. The van der Waals surface area contributed by atoms with Crippen LogP contribution in [0, 0.1) is 0 Å². The Balaban J connectivity index is 1.82. The minimum atomic E-state index is -0.801. The average molecular weight is 468 g/mol. The summed E-state index contributed by atoms with van der Waals surface area (Å²) < 4.78 is 5.26. The third-order valence-electron chi connectivity index (χ3n) is 4.99. The molecule has 3 amide bonds. The summed E-state index contributed by atoms with van der Waals surface area (Å²) in [5.74, 6) is -0.715. The second-order valence-electron chi connectivity index (χ2n) is 7.93. The summed E-state index contributed by atoms with van der Waals surface area (Å²) in [6.07, 6.45) is 1.88. The fraction of sp³-hybridized carbons (Fsp3) is 0.385. The molecular formula is C26H33N3O5. The number of nitrogens with one attached hydrogen (secondary N) is 3. The van der Waals surface area contributed by atoms with Gasteiger partial charge in [-0.1, -0.05) is 55.5 Å². The van der Waals surface area contributed by atoms with Crippen molar-refractivity contribution in [2.45, 2.75) is 58.1 Å². The quantitative estimate of drug-likeness (QED) is 0.287. The zero-order chi connectivity index (χ0) is 24.6. The fourth-order valence-corrected chi connectivity index (χ4v) is 3.24. The maximum absolute atomic E-state index is 12.8. The number of anilines is 1. The third kappa shape index (κ3) is 10.8. The van der Waals surface area contributed by atoms with E-state index < -0.39 is 12.1 Å². The Morgan fingerprint density at radius 1 is 0.912 bits per heavy atom. The normalized spacial score (nSPS) is 11.2. The molecule has 2 rings (SSSR count). The van der Waals surface area contributed by atoms with Crippen LogP contribution in [0.25, 0.3) is 0 Å². The van der Waals surface area contributed by atoms with Gasteiger partial charge in [0.2, 0.25) is 11.8 Å². The predicted octanol–water partition coefficient (Wildman–Crippen LogP) is 3.97. The van der Waals surface area contributed by atoms with Gasteiger partial charge in [0.15, 0.2) is 0 Å². The molecule has 0 unspecified atom stereocenters. The molecule has 0 saturated heterocycles. The van der Waals surface area contributed by atoms with Crippen LogP contribution in [-0.4, -0.2) is 36.3 Å². The predicted molar refractivity (Wildman–Crippen MR) is 130 cm³/mol. The minimum Gasteiger partial charge on any atom is -0.445 e. The molecule has 8 nitrogen and oxygen atoms in total. The summed E-state index contributed by atoms with van der Waals surface area (Å²) in [4.78, 5) is 48.5. The summed E-state index contributed by atoms with van der Waals surface area (Å²) in [6, 6.07) is 17.4. The van der Waals surface area contributed by atoms with Crippen LogP contribution in [0.5, 0.6) is 0 Å². The van der Waals surface area contributed by atoms with Gasteiger partial charge in [0.05, 0.1) is 6.42 Å². The van der Waals surface area contributed by atoms with Crippen molar-refractivity contribution in [1.82, 2.24) is 10.6 Å². The third-order valence-corrected chi connectivity index (χ3v) is 4.99. The first-order chi connectivity index (χ1) is 16.5. The van der Waals surface area contributed by atoms with E-state index in [1.165, 1.54) is 0 Å². The smallest absolute Gasteiger partial charge is 0.408 e. The summed E-state index contributed by atoms with van der Waals surface area (Å²) in [5, 5.41) is 8.16. The molecule has 182 valence electrons. The number of carbonyl (C=O) groups excluding carboxylic acids is 4.